The SMILES string of the molecule is O=C(CCC1CCCC1)N1CCC(n2cc(-c3ccccc3)nn2)C1. The van der Waals surface area contributed by atoms with E-state index in [0.717, 1.165) is 43.1 Å². The monoisotopic (exact) mass is 338 g/mol. The van der Waals surface area contributed by atoms with Gasteiger partial charge in [0.25, 0.3) is 0 Å². The number of rotatable bonds is 5. The molecule has 0 N–H and O–H groups in total. The molecule has 1 aromatic carbocycles. The van der Waals surface area contributed by atoms with Crippen LogP contribution in [0.3, 0.4) is 0 Å². The summed E-state index contributed by atoms with van der Waals surface area (Å²) in [6.07, 6.45) is 10.1. The van der Waals surface area contributed by atoms with Crippen LogP contribution in [0.1, 0.15) is 51.0 Å². The maximum atomic E-state index is 12.5. The molecule has 1 saturated carbocycles. The Labute approximate surface area is 149 Å². The largest absolute Gasteiger partial charge is 0.340 e. The average Bonchev–Trinajstić information content (AvgIpc) is 3.41. The minimum absolute atomic E-state index is 0.250. The molecular formula is C20H26N4O. The highest BCUT2D eigenvalue weighted by Gasteiger charge is 2.28. The second-order valence-corrected chi connectivity index (χ2v) is 7.42. The summed E-state index contributed by atoms with van der Waals surface area (Å²) in [6.45, 7) is 1.61. The van der Waals surface area contributed by atoms with E-state index in [9.17, 15) is 4.79 Å². The maximum Gasteiger partial charge on any atom is 0.222 e. The molecule has 1 aliphatic heterocycles. The Balaban J connectivity index is 1.33. The Bertz CT molecular complexity index is 705. The van der Waals surface area contributed by atoms with Gasteiger partial charge in [-0.1, -0.05) is 61.2 Å². The van der Waals surface area contributed by atoms with Crippen LogP contribution in [0.25, 0.3) is 11.3 Å². The normalized spacial score (nSPS) is 21.1. The van der Waals surface area contributed by atoms with E-state index < -0.39 is 0 Å². The van der Waals surface area contributed by atoms with Crippen LogP contribution in [0.15, 0.2) is 36.5 Å². The van der Waals surface area contributed by atoms with E-state index in [0.29, 0.717) is 12.3 Å². The van der Waals surface area contributed by atoms with E-state index >= 15 is 0 Å². The molecule has 25 heavy (non-hydrogen) atoms. The standard InChI is InChI=1S/C20H26N4O/c25-20(11-10-16-6-4-5-7-16)23-13-12-18(14-23)24-15-19(21-22-24)17-8-2-1-3-9-17/h1-3,8-9,15-16,18H,4-7,10-14H2. The smallest absolute Gasteiger partial charge is 0.222 e. The van der Waals surface area contributed by atoms with Crippen LogP contribution in [-0.4, -0.2) is 38.9 Å². The van der Waals surface area contributed by atoms with Crippen molar-refractivity contribution in [2.24, 2.45) is 5.92 Å². The molecule has 0 bridgehead atoms. The molecule has 5 heteroatoms. The van der Waals surface area contributed by atoms with Gasteiger partial charge in [-0.05, 0) is 18.8 Å². The molecule has 5 nitrogen and oxygen atoms in total. The van der Waals surface area contributed by atoms with Gasteiger partial charge in [0.05, 0.1) is 12.2 Å². The van der Waals surface area contributed by atoms with Crippen molar-refractivity contribution >= 4 is 5.91 Å². The molecule has 2 aliphatic rings. The fourth-order valence-corrected chi connectivity index (χ4v) is 4.17. The lowest BCUT2D eigenvalue weighted by Gasteiger charge is -2.17. The fraction of sp³-hybridized carbons (Fsp3) is 0.550. The van der Waals surface area contributed by atoms with Gasteiger partial charge in [0.1, 0.15) is 5.69 Å². The zero-order valence-electron chi connectivity index (χ0n) is 14.7. The molecule has 1 atom stereocenters. The third-order valence-electron chi connectivity index (χ3n) is 5.71. The first-order chi connectivity index (χ1) is 12.3. The summed E-state index contributed by atoms with van der Waals surface area (Å²) in [4.78, 5) is 14.5. The van der Waals surface area contributed by atoms with Crippen molar-refractivity contribution in [2.75, 3.05) is 13.1 Å². The first kappa shape index (κ1) is 16.3. The highest BCUT2D eigenvalue weighted by molar-refractivity contribution is 5.76. The summed E-state index contributed by atoms with van der Waals surface area (Å²) in [6, 6.07) is 10.4. The Morgan fingerprint density at radius 2 is 1.92 bits per heavy atom. The van der Waals surface area contributed by atoms with Gasteiger partial charge in [-0.25, -0.2) is 4.68 Å². The van der Waals surface area contributed by atoms with Gasteiger partial charge in [0.15, 0.2) is 0 Å². The molecule has 1 aliphatic carbocycles. The van der Waals surface area contributed by atoms with Crippen LogP contribution in [0, 0.1) is 5.92 Å². The molecule has 132 valence electrons. The van der Waals surface area contributed by atoms with E-state index in [2.05, 4.69) is 10.3 Å². The molecule has 1 amide bonds. The minimum atomic E-state index is 0.250. The van der Waals surface area contributed by atoms with E-state index in [1.54, 1.807) is 0 Å². The number of hydrogen-bond donors (Lipinski definition) is 0. The van der Waals surface area contributed by atoms with Crippen LogP contribution in [-0.2, 0) is 4.79 Å². The first-order valence-electron chi connectivity index (χ1n) is 9.54. The average molecular weight is 338 g/mol. The topological polar surface area (TPSA) is 51.0 Å². The Morgan fingerprint density at radius 3 is 2.72 bits per heavy atom. The maximum absolute atomic E-state index is 12.5. The van der Waals surface area contributed by atoms with Gasteiger partial charge >= 0.3 is 0 Å². The summed E-state index contributed by atoms with van der Waals surface area (Å²) in [5, 5.41) is 8.61. The van der Waals surface area contributed by atoms with Crippen LogP contribution in [0.4, 0.5) is 0 Å². The lowest BCUT2D eigenvalue weighted by atomic mass is 10.0. The number of nitrogens with zero attached hydrogens (tertiary/aromatic N) is 4. The van der Waals surface area contributed by atoms with Crippen molar-refractivity contribution in [1.82, 2.24) is 19.9 Å². The number of carbonyl (C=O) groups is 1. The molecule has 1 unspecified atom stereocenters. The molecule has 0 radical (unpaired) electrons. The highest BCUT2D eigenvalue weighted by Crippen LogP contribution is 2.29. The quantitative estimate of drug-likeness (QED) is 0.835. The second-order valence-electron chi connectivity index (χ2n) is 7.42. The molecule has 1 saturated heterocycles. The second kappa shape index (κ2) is 7.38. The third-order valence-corrected chi connectivity index (χ3v) is 5.71. The van der Waals surface area contributed by atoms with Crippen molar-refractivity contribution < 1.29 is 4.79 Å². The van der Waals surface area contributed by atoms with Gasteiger partial charge < -0.3 is 4.90 Å². The van der Waals surface area contributed by atoms with Crippen molar-refractivity contribution in [1.29, 1.82) is 0 Å². The molecule has 1 aromatic heterocycles. The predicted octanol–water partition coefficient (Wildman–Crippen LogP) is 3.69. The highest BCUT2D eigenvalue weighted by atomic mass is 16.2. The van der Waals surface area contributed by atoms with Crippen LogP contribution in [0.5, 0.6) is 0 Å². The molecular weight excluding hydrogens is 312 g/mol. The van der Waals surface area contributed by atoms with Crippen LogP contribution < -0.4 is 0 Å². The van der Waals surface area contributed by atoms with E-state index in [4.69, 9.17) is 0 Å². The lowest BCUT2D eigenvalue weighted by molar-refractivity contribution is -0.130. The molecule has 4 rings (SSSR count). The summed E-state index contributed by atoms with van der Waals surface area (Å²) in [5.41, 5.74) is 1.97. The summed E-state index contributed by atoms with van der Waals surface area (Å²) < 4.78 is 1.94. The molecule has 0 spiro atoms. The summed E-state index contributed by atoms with van der Waals surface area (Å²) in [5.74, 6) is 1.10. The van der Waals surface area contributed by atoms with Crippen molar-refractivity contribution in [2.45, 2.75) is 51.0 Å². The number of aromatic nitrogens is 3. The Kier molecular flexibility index (Phi) is 4.81. The van der Waals surface area contributed by atoms with Gasteiger partial charge in [-0.15, -0.1) is 5.10 Å². The van der Waals surface area contributed by atoms with Gasteiger partial charge in [-0.3, -0.25) is 4.79 Å². The van der Waals surface area contributed by atoms with Crippen LogP contribution in [0.2, 0.25) is 0 Å². The number of benzene rings is 1. The summed E-state index contributed by atoms with van der Waals surface area (Å²) >= 11 is 0. The van der Waals surface area contributed by atoms with Gasteiger partial charge in [-0.2, -0.15) is 0 Å². The first-order valence-corrected chi connectivity index (χ1v) is 9.54. The Hall–Kier alpha value is -2.17. The zero-order valence-corrected chi connectivity index (χ0v) is 14.7. The molecule has 2 aromatic rings. The number of amides is 1. The Morgan fingerprint density at radius 1 is 1.12 bits per heavy atom. The van der Waals surface area contributed by atoms with Crippen molar-refractivity contribution in [3.63, 3.8) is 0 Å². The summed E-state index contributed by atoms with van der Waals surface area (Å²) in [7, 11) is 0. The fourth-order valence-electron chi connectivity index (χ4n) is 4.17. The van der Waals surface area contributed by atoms with Crippen molar-refractivity contribution in [3.05, 3.63) is 36.5 Å². The predicted molar refractivity (Wildman–Crippen MR) is 96.9 cm³/mol. The molecule has 2 fully saturated rings. The number of hydrogen-bond acceptors (Lipinski definition) is 3. The van der Waals surface area contributed by atoms with E-state index in [1.165, 1.54) is 25.7 Å². The lowest BCUT2D eigenvalue weighted by Crippen LogP contribution is -2.29. The van der Waals surface area contributed by atoms with E-state index in [-0.39, 0.29) is 6.04 Å². The van der Waals surface area contributed by atoms with Gasteiger partial charge in [0, 0.05) is 25.1 Å². The number of likely N-dealkylation sites (tertiary alicyclic amines) is 1. The minimum Gasteiger partial charge on any atom is -0.340 e. The zero-order chi connectivity index (χ0) is 17.1. The number of carbonyl (C=O) groups excluding carboxylic acids is 1. The van der Waals surface area contributed by atoms with Crippen molar-refractivity contribution in [3.8, 4) is 11.3 Å². The van der Waals surface area contributed by atoms with Gasteiger partial charge in [0.2, 0.25) is 5.91 Å². The van der Waals surface area contributed by atoms with Crippen LogP contribution >= 0.6 is 0 Å². The van der Waals surface area contributed by atoms with E-state index in [1.807, 2.05) is 46.1 Å². The molecule has 2 heterocycles. The third kappa shape index (κ3) is 3.75.